The lowest BCUT2D eigenvalue weighted by Crippen LogP contribution is -2.20. The van der Waals surface area contributed by atoms with Crippen LogP contribution in [-0.2, 0) is 4.79 Å². The number of hydrogen-bond acceptors (Lipinski definition) is 5. The molecule has 0 radical (unpaired) electrons. The van der Waals surface area contributed by atoms with Crippen LogP contribution in [0.4, 0.5) is 11.5 Å². The summed E-state index contributed by atoms with van der Waals surface area (Å²) in [6, 6.07) is 11.2. The smallest absolute Gasteiger partial charge is 0.269 e. The predicted molar refractivity (Wildman–Crippen MR) is 76.0 cm³/mol. The van der Waals surface area contributed by atoms with E-state index in [9.17, 15) is 14.9 Å². The molecule has 104 valence electrons. The van der Waals surface area contributed by atoms with E-state index < -0.39 is 4.92 Å². The van der Waals surface area contributed by atoms with Gasteiger partial charge in [0.15, 0.2) is 5.82 Å². The zero-order valence-electron chi connectivity index (χ0n) is 10.8. The van der Waals surface area contributed by atoms with Gasteiger partial charge >= 0.3 is 0 Å². The SMILES string of the molecule is O=C1CC(c2ccc([N+](=O)[O-])cc2)=NN1c1ccccn1. The Hall–Kier alpha value is -3.09. The van der Waals surface area contributed by atoms with Crippen LogP contribution in [0.3, 0.4) is 0 Å². The van der Waals surface area contributed by atoms with Crippen LogP contribution in [-0.4, -0.2) is 21.5 Å². The van der Waals surface area contributed by atoms with Crippen molar-refractivity contribution in [1.29, 1.82) is 0 Å². The molecule has 21 heavy (non-hydrogen) atoms. The lowest BCUT2D eigenvalue weighted by atomic mass is 10.1. The Labute approximate surface area is 119 Å². The fourth-order valence-electron chi connectivity index (χ4n) is 2.02. The summed E-state index contributed by atoms with van der Waals surface area (Å²) in [6.07, 6.45) is 1.73. The minimum atomic E-state index is -0.467. The summed E-state index contributed by atoms with van der Waals surface area (Å²) in [6.45, 7) is 0. The number of aromatic nitrogens is 1. The minimum absolute atomic E-state index is 0.00487. The Bertz CT molecular complexity index is 726. The van der Waals surface area contributed by atoms with Gasteiger partial charge < -0.3 is 0 Å². The third-order valence-corrected chi connectivity index (χ3v) is 3.05. The number of benzene rings is 1. The molecule has 7 nitrogen and oxygen atoms in total. The molecule has 0 saturated heterocycles. The van der Waals surface area contributed by atoms with Gasteiger partial charge in [-0.05, 0) is 29.8 Å². The Morgan fingerprint density at radius 1 is 1.14 bits per heavy atom. The van der Waals surface area contributed by atoms with Gasteiger partial charge in [0.25, 0.3) is 11.6 Å². The number of non-ortho nitro benzene ring substituents is 1. The summed E-state index contributed by atoms with van der Waals surface area (Å²) in [5, 5.41) is 16.1. The van der Waals surface area contributed by atoms with Crippen molar-refractivity contribution >= 4 is 23.1 Å². The predicted octanol–water partition coefficient (Wildman–Crippen LogP) is 2.13. The molecule has 1 aliphatic heterocycles. The van der Waals surface area contributed by atoms with Crippen LogP contribution < -0.4 is 5.01 Å². The molecule has 7 heteroatoms. The molecule has 2 aromatic rings. The van der Waals surface area contributed by atoms with Crippen molar-refractivity contribution in [3.63, 3.8) is 0 Å². The summed E-state index contributed by atoms with van der Waals surface area (Å²) in [4.78, 5) is 26.2. The van der Waals surface area contributed by atoms with Crippen LogP contribution in [0, 0.1) is 10.1 Å². The first-order chi connectivity index (χ1) is 10.1. The fourth-order valence-corrected chi connectivity index (χ4v) is 2.02. The second-order valence-corrected chi connectivity index (χ2v) is 4.42. The van der Waals surface area contributed by atoms with Gasteiger partial charge in [-0.15, -0.1) is 0 Å². The highest BCUT2D eigenvalue weighted by Crippen LogP contribution is 2.21. The average Bonchev–Trinajstić information content (AvgIpc) is 2.90. The number of nitro benzene ring substituents is 1. The van der Waals surface area contributed by atoms with Gasteiger partial charge in [0.1, 0.15) is 0 Å². The van der Waals surface area contributed by atoms with E-state index >= 15 is 0 Å². The Kier molecular flexibility index (Phi) is 3.15. The van der Waals surface area contributed by atoms with Gasteiger partial charge in [0.2, 0.25) is 0 Å². The molecule has 0 N–H and O–H groups in total. The number of anilines is 1. The lowest BCUT2D eigenvalue weighted by molar-refractivity contribution is -0.384. The molecule has 0 atom stereocenters. The highest BCUT2D eigenvalue weighted by Gasteiger charge is 2.26. The van der Waals surface area contributed by atoms with E-state index in [1.54, 1.807) is 36.5 Å². The maximum Gasteiger partial charge on any atom is 0.269 e. The standard InChI is InChI=1S/C14H10N4O3/c19-14-9-12(10-4-6-11(7-5-10)18(20)21)16-17(14)13-3-1-2-8-15-13/h1-8H,9H2. The first-order valence-electron chi connectivity index (χ1n) is 6.21. The summed E-state index contributed by atoms with van der Waals surface area (Å²) in [5.74, 6) is 0.279. The Morgan fingerprint density at radius 3 is 2.52 bits per heavy atom. The third kappa shape index (κ3) is 2.48. The first-order valence-corrected chi connectivity index (χ1v) is 6.21. The topological polar surface area (TPSA) is 88.7 Å². The molecule has 0 aliphatic carbocycles. The van der Waals surface area contributed by atoms with E-state index in [2.05, 4.69) is 10.1 Å². The van der Waals surface area contributed by atoms with Crippen molar-refractivity contribution in [2.24, 2.45) is 5.10 Å². The number of rotatable bonds is 3. The fraction of sp³-hybridized carbons (Fsp3) is 0.0714. The highest BCUT2D eigenvalue weighted by atomic mass is 16.6. The number of amides is 1. The van der Waals surface area contributed by atoms with E-state index in [0.29, 0.717) is 17.1 Å². The number of hydrazone groups is 1. The van der Waals surface area contributed by atoms with Crippen LogP contribution in [0.15, 0.2) is 53.8 Å². The molecule has 0 bridgehead atoms. The number of carbonyl (C=O) groups excluding carboxylic acids is 1. The molecule has 0 fully saturated rings. The number of nitro groups is 1. The van der Waals surface area contributed by atoms with E-state index in [4.69, 9.17) is 0 Å². The lowest BCUT2D eigenvalue weighted by Gasteiger charge is -2.08. The van der Waals surface area contributed by atoms with Gasteiger partial charge in [-0.1, -0.05) is 6.07 Å². The van der Waals surface area contributed by atoms with E-state index in [1.807, 2.05) is 0 Å². The summed E-state index contributed by atoms with van der Waals surface area (Å²) < 4.78 is 0. The molecule has 3 rings (SSSR count). The molecule has 1 aromatic carbocycles. The number of pyridine rings is 1. The van der Waals surface area contributed by atoms with E-state index in [1.165, 1.54) is 17.1 Å². The number of nitrogens with zero attached hydrogens (tertiary/aromatic N) is 4. The molecule has 2 heterocycles. The largest absolute Gasteiger partial charge is 0.272 e. The molecule has 0 spiro atoms. The van der Waals surface area contributed by atoms with Crippen LogP contribution in [0.25, 0.3) is 0 Å². The molecule has 1 amide bonds. The molecule has 0 unspecified atom stereocenters. The molecule has 0 saturated carbocycles. The van der Waals surface area contributed by atoms with Gasteiger partial charge in [-0.2, -0.15) is 10.1 Å². The second kappa shape index (κ2) is 5.12. The van der Waals surface area contributed by atoms with Gasteiger partial charge in [-0.25, -0.2) is 4.98 Å². The van der Waals surface area contributed by atoms with Crippen LogP contribution in [0.2, 0.25) is 0 Å². The van der Waals surface area contributed by atoms with Crippen LogP contribution in [0.5, 0.6) is 0 Å². The summed E-state index contributed by atoms with van der Waals surface area (Å²) in [5.41, 5.74) is 1.26. The third-order valence-electron chi connectivity index (χ3n) is 3.05. The summed E-state index contributed by atoms with van der Waals surface area (Å²) >= 11 is 0. The first kappa shape index (κ1) is 12.9. The maximum absolute atomic E-state index is 12.0. The molecular formula is C14H10N4O3. The summed E-state index contributed by atoms with van der Waals surface area (Å²) in [7, 11) is 0. The van der Waals surface area contributed by atoms with Gasteiger partial charge in [0, 0.05) is 18.3 Å². The van der Waals surface area contributed by atoms with Crippen LogP contribution in [0.1, 0.15) is 12.0 Å². The van der Waals surface area contributed by atoms with Crippen molar-refractivity contribution in [3.05, 3.63) is 64.3 Å². The number of hydrogen-bond donors (Lipinski definition) is 0. The van der Waals surface area contributed by atoms with Crippen molar-refractivity contribution in [2.45, 2.75) is 6.42 Å². The van der Waals surface area contributed by atoms with Crippen molar-refractivity contribution in [1.82, 2.24) is 4.98 Å². The van der Waals surface area contributed by atoms with Crippen molar-refractivity contribution in [3.8, 4) is 0 Å². The maximum atomic E-state index is 12.0. The minimum Gasteiger partial charge on any atom is -0.272 e. The highest BCUT2D eigenvalue weighted by molar-refractivity contribution is 6.19. The monoisotopic (exact) mass is 282 g/mol. The Balaban J connectivity index is 1.90. The normalized spacial score (nSPS) is 14.2. The zero-order chi connectivity index (χ0) is 14.8. The van der Waals surface area contributed by atoms with E-state index in [-0.39, 0.29) is 18.0 Å². The van der Waals surface area contributed by atoms with E-state index in [0.717, 1.165) is 0 Å². The second-order valence-electron chi connectivity index (χ2n) is 4.42. The van der Waals surface area contributed by atoms with Crippen molar-refractivity contribution in [2.75, 3.05) is 5.01 Å². The molecule has 1 aromatic heterocycles. The zero-order valence-corrected chi connectivity index (χ0v) is 10.8. The number of carbonyl (C=O) groups is 1. The molecule has 1 aliphatic rings. The quantitative estimate of drug-likeness (QED) is 0.637. The van der Waals surface area contributed by atoms with Gasteiger partial charge in [0.05, 0.1) is 17.1 Å². The van der Waals surface area contributed by atoms with Gasteiger partial charge in [-0.3, -0.25) is 14.9 Å². The van der Waals surface area contributed by atoms with Crippen LogP contribution >= 0.6 is 0 Å². The van der Waals surface area contributed by atoms with Crippen molar-refractivity contribution < 1.29 is 9.72 Å². The average molecular weight is 282 g/mol. The Morgan fingerprint density at radius 2 is 1.90 bits per heavy atom. The molecular weight excluding hydrogens is 272 g/mol.